The number of rotatable bonds is 5. The molecule has 2 aromatic carbocycles. The van der Waals surface area contributed by atoms with Gasteiger partial charge in [-0.25, -0.2) is 12.8 Å². The molecule has 0 radical (unpaired) electrons. The van der Waals surface area contributed by atoms with Gasteiger partial charge in [0.25, 0.3) is 10.0 Å². The number of nitrogens with one attached hydrogen (secondary N) is 1. The van der Waals surface area contributed by atoms with Crippen LogP contribution in [0.3, 0.4) is 0 Å². The fourth-order valence-electron chi connectivity index (χ4n) is 1.96. The first-order valence-electron chi connectivity index (χ1n) is 6.49. The predicted molar refractivity (Wildman–Crippen MR) is 86.5 cm³/mol. The maximum Gasteiger partial charge on any atom is 0.265 e. The molecule has 0 aliphatic carbocycles. The number of methoxy groups -OCH3 is 2. The van der Waals surface area contributed by atoms with Gasteiger partial charge in [0.2, 0.25) is 0 Å². The second kappa shape index (κ2) is 6.64. The fraction of sp³-hybridized carbons (Fsp3) is 0.200. The smallest absolute Gasteiger partial charge is 0.265 e. The number of halogens is 2. The molecular weight excluding hydrogens is 345 g/mol. The lowest BCUT2D eigenvalue weighted by molar-refractivity contribution is 0.392. The topological polar surface area (TPSA) is 64.6 Å². The van der Waals surface area contributed by atoms with E-state index in [-0.39, 0.29) is 32.7 Å². The van der Waals surface area contributed by atoms with Crippen LogP contribution < -0.4 is 14.2 Å². The second-order valence-electron chi connectivity index (χ2n) is 4.66. The SMILES string of the molecule is COc1cc(S(=O)(=O)Nc2cccc(F)c2C)c(OC)cc1Cl. The lowest BCUT2D eigenvalue weighted by atomic mass is 10.2. The molecule has 0 aliphatic heterocycles. The first-order chi connectivity index (χ1) is 10.8. The van der Waals surface area contributed by atoms with Crippen LogP contribution in [0.2, 0.25) is 5.02 Å². The fourth-order valence-corrected chi connectivity index (χ4v) is 3.48. The van der Waals surface area contributed by atoms with Gasteiger partial charge in [-0.1, -0.05) is 17.7 Å². The zero-order valence-electron chi connectivity index (χ0n) is 12.7. The van der Waals surface area contributed by atoms with Crippen LogP contribution in [-0.2, 0) is 10.0 Å². The molecule has 1 N–H and O–H groups in total. The molecule has 23 heavy (non-hydrogen) atoms. The van der Waals surface area contributed by atoms with Gasteiger partial charge in [-0.05, 0) is 19.1 Å². The molecule has 0 bridgehead atoms. The molecular formula is C15H15ClFNO4S. The highest BCUT2D eigenvalue weighted by Gasteiger charge is 2.23. The number of hydrogen-bond donors (Lipinski definition) is 1. The summed E-state index contributed by atoms with van der Waals surface area (Å²) in [6.07, 6.45) is 0. The van der Waals surface area contributed by atoms with Gasteiger partial charge in [0.05, 0.1) is 24.9 Å². The monoisotopic (exact) mass is 359 g/mol. The van der Waals surface area contributed by atoms with Crippen molar-refractivity contribution in [3.63, 3.8) is 0 Å². The summed E-state index contributed by atoms with van der Waals surface area (Å²) in [6.45, 7) is 1.48. The Balaban J connectivity index is 2.53. The molecule has 0 unspecified atom stereocenters. The number of sulfonamides is 1. The quantitative estimate of drug-likeness (QED) is 0.885. The van der Waals surface area contributed by atoms with Gasteiger partial charge in [0.1, 0.15) is 22.2 Å². The van der Waals surface area contributed by atoms with E-state index in [1.807, 2.05) is 0 Å². The van der Waals surface area contributed by atoms with E-state index >= 15 is 0 Å². The first-order valence-corrected chi connectivity index (χ1v) is 8.35. The zero-order chi connectivity index (χ0) is 17.2. The summed E-state index contributed by atoms with van der Waals surface area (Å²) in [5, 5.41) is 0.213. The van der Waals surface area contributed by atoms with E-state index in [9.17, 15) is 12.8 Å². The Hall–Kier alpha value is -1.99. The summed E-state index contributed by atoms with van der Waals surface area (Å²) in [4.78, 5) is -0.162. The van der Waals surface area contributed by atoms with Crippen LogP contribution in [0.25, 0.3) is 0 Å². The molecule has 124 valence electrons. The first kappa shape index (κ1) is 17.4. The van der Waals surface area contributed by atoms with E-state index in [0.717, 1.165) is 0 Å². The van der Waals surface area contributed by atoms with E-state index < -0.39 is 15.8 Å². The lowest BCUT2D eigenvalue weighted by Crippen LogP contribution is -2.15. The van der Waals surface area contributed by atoms with E-state index in [1.54, 1.807) is 0 Å². The van der Waals surface area contributed by atoms with Crippen molar-refractivity contribution < 1.29 is 22.3 Å². The molecule has 5 nitrogen and oxygen atoms in total. The Morgan fingerprint density at radius 3 is 2.39 bits per heavy atom. The van der Waals surface area contributed by atoms with E-state index in [0.29, 0.717) is 0 Å². The van der Waals surface area contributed by atoms with Crippen molar-refractivity contribution in [1.29, 1.82) is 0 Å². The highest BCUT2D eigenvalue weighted by molar-refractivity contribution is 7.92. The molecule has 0 spiro atoms. The number of ether oxygens (including phenoxy) is 2. The van der Waals surface area contributed by atoms with Crippen LogP contribution in [-0.4, -0.2) is 22.6 Å². The molecule has 0 fully saturated rings. The molecule has 0 amide bonds. The molecule has 2 aromatic rings. The van der Waals surface area contributed by atoms with Gasteiger partial charge in [0, 0.05) is 17.7 Å². The normalized spacial score (nSPS) is 11.2. The average molecular weight is 360 g/mol. The molecule has 0 atom stereocenters. The highest BCUT2D eigenvalue weighted by atomic mass is 35.5. The summed E-state index contributed by atoms with van der Waals surface area (Å²) >= 11 is 5.97. The van der Waals surface area contributed by atoms with Crippen molar-refractivity contribution in [2.45, 2.75) is 11.8 Å². The van der Waals surface area contributed by atoms with Crippen molar-refractivity contribution in [2.75, 3.05) is 18.9 Å². The van der Waals surface area contributed by atoms with Gasteiger partial charge in [-0.3, -0.25) is 4.72 Å². The minimum Gasteiger partial charge on any atom is -0.495 e. The molecule has 8 heteroatoms. The molecule has 2 rings (SSSR count). The summed E-state index contributed by atoms with van der Waals surface area (Å²) in [6, 6.07) is 6.72. The predicted octanol–water partition coefficient (Wildman–Crippen LogP) is 3.61. The van der Waals surface area contributed by atoms with Crippen LogP contribution in [0.15, 0.2) is 35.2 Å². The molecule has 0 saturated heterocycles. The summed E-state index contributed by atoms with van der Waals surface area (Å²) in [5.41, 5.74) is 0.331. The Morgan fingerprint density at radius 2 is 1.78 bits per heavy atom. The maximum absolute atomic E-state index is 13.6. The third-order valence-corrected chi connectivity index (χ3v) is 4.92. The van der Waals surface area contributed by atoms with Crippen LogP contribution in [0, 0.1) is 12.7 Å². The number of anilines is 1. The minimum absolute atomic E-state index is 0.0531. The standard InChI is InChI=1S/C15H15ClFNO4S/c1-9-11(17)5-4-6-12(9)18-23(19,20)15-8-13(21-2)10(16)7-14(15)22-3/h4-8,18H,1-3H3. The van der Waals surface area contributed by atoms with Gasteiger partial charge in [-0.2, -0.15) is 0 Å². The van der Waals surface area contributed by atoms with Crippen molar-refractivity contribution in [1.82, 2.24) is 0 Å². The Morgan fingerprint density at radius 1 is 1.13 bits per heavy atom. The summed E-state index contributed by atoms with van der Waals surface area (Å²) in [7, 11) is -1.33. The Bertz CT molecular complexity index is 840. The van der Waals surface area contributed by atoms with Crippen molar-refractivity contribution in [3.8, 4) is 11.5 Å². The second-order valence-corrected chi connectivity index (χ2v) is 6.71. The van der Waals surface area contributed by atoms with Crippen molar-refractivity contribution >= 4 is 27.3 Å². The Kier molecular flexibility index (Phi) is 5.01. The third-order valence-electron chi connectivity index (χ3n) is 3.24. The molecule has 0 aromatic heterocycles. The molecule has 0 aliphatic rings. The van der Waals surface area contributed by atoms with Crippen LogP contribution in [0.5, 0.6) is 11.5 Å². The molecule has 0 saturated carbocycles. The van der Waals surface area contributed by atoms with Gasteiger partial charge in [0.15, 0.2) is 0 Å². The molecule has 0 heterocycles. The summed E-state index contributed by atoms with van der Waals surface area (Å²) < 4.78 is 51.2. The van der Waals surface area contributed by atoms with Crippen molar-refractivity contribution in [2.24, 2.45) is 0 Å². The van der Waals surface area contributed by atoms with E-state index in [4.69, 9.17) is 21.1 Å². The van der Waals surface area contributed by atoms with Crippen LogP contribution in [0.1, 0.15) is 5.56 Å². The Labute approximate surface area is 139 Å². The van der Waals surface area contributed by atoms with Gasteiger partial charge >= 0.3 is 0 Å². The maximum atomic E-state index is 13.6. The van der Waals surface area contributed by atoms with Crippen LogP contribution in [0.4, 0.5) is 10.1 Å². The summed E-state index contributed by atoms with van der Waals surface area (Å²) in [5.74, 6) is -0.271. The largest absolute Gasteiger partial charge is 0.495 e. The van der Waals surface area contributed by atoms with Gasteiger partial charge < -0.3 is 9.47 Å². The minimum atomic E-state index is -4.03. The van der Waals surface area contributed by atoms with Crippen molar-refractivity contribution in [3.05, 3.63) is 46.7 Å². The third kappa shape index (κ3) is 3.51. The lowest BCUT2D eigenvalue weighted by Gasteiger charge is -2.15. The van der Waals surface area contributed by atoms with E-state index in [1.165, 1.54) is 51.5 Å². The van der Waals surface area contributed by atoms with Gasteiger partial charge in [-0.15, -0.1) is 0 Å². The van der Waals surface area contributed by atoms with E-state index in [2.05, 4.69) is 4.72 Å². The zero-order valence-corrected chi connectivity index (χ0v) is 14.3. The average Bonchev–Trinajstić information content (AvgIpc) is 2.51. The van der Waals surface area contributed by atoms with Crippen LogP contribution >= 0.6 is 11.6 Å². The highest BCUT2D eigenvalue weighted by Crippen LogP contribution is 2.36. The number of hydrogen-bond acceptors (Lipinski definition) is 4. The number of benzene rings is 2.